The van der Waals surface area contributed by atoms with Crippen LogP contribution in [0.1, 0.15) is 59.1 Å². The zero-order valence-corrected chi connectivity index (χ0v) is 18.8. The molecule has 1 aliphatic rings. The van der Waals surface area contributed by atoms with Crippen LogP contribution in [0.3, 0.4) is 0 Å². The van der Waals surface area contributed by atoms with E-state index in [1.54, 1.807) is 14.0 Å². The minimum absolute atomic E-state index is 0.0607. The second-order valence-electron chi connectivity index (χ2n) is 8.01. The number of aromatic nitrogens is 2. The van der Waals surface area contributed by atoms with Crippen LogP contribution in [0.15, 0.2) is 28.8 Å². The highest BCUT2D eigenvalue weighted by atomic mass is 32.1. The number of nitrogens with one attached hydrogen (secondary N) is 1. The maximum absolute atomic E-state index is 13.2. The first-order chi connectivity index (χ1) is 15.1. The van der Waals surface area contributed by atoms with Crippen molar-refractivity contribution in [3.8, 4) is 0 Å². The number of amides is 2. The van der Waals surface area contributed by atoms with E-state index in [4.69, 9.17) is 4.52 Å². The fourth-order valence-corrected chi connectivity index (χ4v) is 5.53. The molecule has 2 amide bonds. The number of aryl methyl sites for hydroxylation is 2. The highest BCUT2D eigenvalue weighted by molar-refractivity contribution is 7.21. The van der Waals surface area contributed by atoms with Gasteiger partial charge < -0.3 is 14.7 Å². The number of hydrogen-bond acceptors (Lipinski definition) is 6. The van der Waals surface area contributed by atoms with Gasteiger partial charge in [0.15, 0.2) is 5.82 Å². The second kappa shape index (κ2) is 9.60. The molecule has 1 saturated heterocycles. The molecule has 2 aromatic heterocycles. The number of fused-ring (bicyclic) bond motifs is 1. The average molecular weight is 441 g/mol. The molecule has 1 aromatic carbocycles. The minimum Gasteiger partial charge on any atom is -0.354 e. The summed E-state index contributed by atoms with van der Waals surface area (Å²) in [7, 11) is 1.66. The monoisotopic (exact) mass is 440 g/mol. The van der Waals surface area contributed by atoms with Crippen LogP contribution in [0.5, 0.6) is 0 Å². The van der Waals surface area contributed by atoms with Gasteiger partial charge in [-0.2, -0.15) is 4.98 Å². The molecule has 0 saturated carbocycles. The third-order valence-electron chi connectivity index (χ3n) is 5.89. The lowest BCUT2D eigenvalue weighted by Crippen LogP contribution is -2.41. The summed E-state index contributed by atoms with van der Waals surface area (Å²) in [5.74, 6) is 1.14. The Hall–Kier alpha value is -2.74. The van der Waals surface area contributed by atoms with Gasteiger partial charge in [-0.25, -0.2) is 0 Å². The van der Waals surface area contributed by atoms with E-state index in [2.05, 4.69) is 27.6 Å². The summed E-state index contributed by atoms with van der Waals surface area (Å²) in [4.78, 5) is 32.7. The fourth-order valence-electron chi connectivity index (χ4n) is 4.35. The Labute approximate surface area is 185 Å². The number of thiophene rings is 1. The van der Waals surface area contributed by atoms with Crippen LogP contribution in [0.2, 0.25) is 0 Å². The largest absolute Gasteiger partial charge is 0.354 e. The highest BCUT2D eigenvalue weighted by Gasteiger charge is 2.28. The van der Waals surface area contributed by atoms with Crippen LogP contribution in [0.4, 0.5) is 0 Å². The molecule has 164 valence electrons. The number of rotatable bonds is 6. The Bertz CT molecular complexity index is 1070. The van der Waals surface area contributed by atoms with E-state index >= 15 is 0 Å². The van der Waals surface area contributed by atoms with Gasteiger partial charge in [0.1, 0.15) is 0 Å². The zero-order valence-electron chi connectivity index (χ0n) is 18.0. The Kier molecular flexibility index (Phi) is 6.65. The molecule has 3 aromatic rings. The summed E-state index contributed by atoms with van der Waals surface area (Å²) >= 11 is 1.53. The molecular weight excluding hydrogens is 412 g/mol. The molecule has 3 heterocycles. The van der Waals surface area contributed by atoms with Gasteiger partial charge in [0.2, 0.25) is 11.8 Å². The SMILES string of the molecule is CNC(=O)c1sc2ccccc2c1C[C@@H]1CCCCCN1C(=O)CCc1nc(C)no1. The molecule has 1 aliphatic heterocycles. The Morgan fingerprint density at radius 3 is 2.87 bits per heavy atom. The van der Waals surface area contributed by atoms with Crippen LogP contribution in [-0.4, -0.2) is 46.5 Å². The summed E-state index contributed by atoms with van der Waals surface area (Å²) in [5.41, 5.74) is 1.05. The van der Waals surface area contributed by atoms with Crippen LogP contribution in [0, 0.1) is 6.92 Å². The quantitative estimate of drug-likeness (QED) is 0.628. The van der Waals surface area contributed by atoms with Gasteiger partial charge in [-0.3, -0.25) is 9.59 Å². The maximum atomic E-state index is 13.2. The molecule has 8 heteroatoms. The van der Waals surface area contributed by atoms with Crippen molar-refractivity contribution < 1.29 is 14.1 Å². The third kappa shape index (κ3) is 4.79. The Balaban J connectivity index is 1.57. The zero-order chi connectivity index (χ0) is 21.8. The summed E-state index contributed by atoms with van der Waals surface area (Å²) in [6, 6.07) is 8.22. The summed E-state index contributed by atoms with van der Waals surface area (Å²) < 4.78 is 6.27. The van der Waals surface area contributed by atoms with E-state index < -0.39 is 0 Å². The topological polar surface area (TPSA) is 88.3 Å². The standard InChI is InChI=1S/C23H28N4O3S/c1-15-25-20(30-26-15)11-12-21(28)27-13-7-3-4-8-16(27)14-18-17-9-5-6-10-19(17)31-22(18)23(29)24-2/h5-6,9-10,16H,3-4,7-8,11-14H2,1-2H3,(H,24,29)/t16-/m0/s1. The molecular formula is C23H28N4O3S. The van der Waals surface area contributed by atoms with Crippen LogP contribution in [0.25, 0.3) is 10.1 Å². The summed E-state index contributed by atoms with van der Waals surface area (Å²) in [5, 5.41) is 7.69. The predicted molar refractivity (Wildman–Crippen MR) is 120 cm³/mol. The lowest BCUT2D eigenvalue weighted by atomic mass is 9.97. The molecule has 31 heavy (non-hydrogen) atoms. The van der Waals surface area contributed by atoms with Crippen LogP contribution in [-0.2, 0) is 17.6 Å². The van der Waals surface area contributed by atoms with Crippen LogP contribution >= 0.6 is 11.3 Å². The van der Waals surface area contributed by atoms with Gasteiger partial charge >= 0.3 is 0 Å². The lowest BCUT2D eigenvalue weighted by molar-refractivity contribution is -0.133. The first-order valence-electron chi connectivity index (χ1n) is 10.9. The van der Waals surface area contributed by atoms with E-state index in [-0.39, 0.29) is 17.9 Å². The molecule has 0 spiro atoms. The van der Waals surface area contributed by atoms with Crippen molar-refractivity contribution in [2.45, 2.75) is 57.9 Å². The predicted octanol–water partition coefficient (Wildman–Crippen LogP) is 3.90. The molecule has 0 radical (unpaired) electrons. The average Bonchev–Trinajstić information content (AvgIpc) is 3.27. The van der Waals surface area contributed by atoms with Gasteiger partial charge in [0, 0.05) is 37.2 Å². The van der Waals surface area contributed by atoms with Crippen molar-refractivity contribution in [1.29, 1.82) is 0 Å². The molecule has 4 rings (SSSR count). The van der Waals surface area contributed by atoms with Crippen molar-refractivity contribution in [3.63, 3.8) is 0 Å². The van der Waals surface area contributed by atoms with E-state index in [0.29, 0.717) is 31.0 Å². The molecule has 0 unspecified atom stereocenters. The van der Waals surface area contributed by atoms with Crippen LogP contribution < -0.4 is 5.32 Å². The van der Waals surface area contributed by atoms with Gasteiger partial charge in [-0.05, 0) is 43.2 Å². The fraction of sp³-hybridized carbons (Fsp3) is 0.478. The highest BCUT2D eigenvalue weighted by Crippen LogP contribution is 2.34. The number of carbonyl (C=O) groups excluding carboxylic acids is 2. The van der Waals surface area contributed by atoms with Gasteiger partial charge in [0.25, 0.3) is 5.91 Å². The molecule has 1 atom stereocenters. The summed E-state index contributed by atoms with van der Waals surface area (Å²) in [6.45, 7) is 2.53. The number of hydrogen-bond donors (Lipinski definition) is 1. The van der Waals surface area contributed by atoms with Crippen molar-refractivity contribution in [3.05, 3.63) is 46.4 Å². The smallest absolute Gasteiger partial charge is 0.261 e. The van der Waals surface area contributed by atoms with Crippen molar-refractivity contribution in [1.82, 2.24) is 20.4 Å². The molecule has 7 nitrogen and oxygen atoms in total. The van der Waals surface area contributed by atoms with Crippen molar-refractivity contribution in [2.75, 3.05) is 13.6 Å². The van der Waals surface area contributed by atoms with E-state index in [1.165, 1.54) is 11.3 Å². The number of carbonyl (C=O) groups is 2. The van der Waals surface area contributed by atoms with E-state index in [0.717, 1.165) is 52.8 Å². The second-order valence-corrected chi connectivity index (χ2v) is 9.07. The normalized spacial score (nSPS) is 17.0. The molecule has 0 bridgehead atoms. The third-order valence-corrected chi connectivity index (χ3v) is 7.10. The number of benzene rings is 1. The number of nitrogens with zero attached hydrogens (tertiary/aromatic N) is 3. The van der Waals surface area contributed by atoms with E-state index in [9.17, 15) is 9.59 Å². The van der Waals surface area contributed by atoms with Crippen molar-refractivity contribution in [2.24, 2.45) is 0 Å². The van der Waals surface area contributed by atoms with Gasteiger partial charge in [0.05, 0.1) is 4.88 Å². The first-order valence-corrected chi connectivity index (χ1v) is 11.7. The van der Waals surface area contributed by atoms with Gasteiger partial charge in [-0.1, -0.05) is 36.2 Å². The minimum atomic E-state index is -0.0607. The Morgan fingerprint density at radius 1 is 1.26 bits per heavy atom. The number of likely N-dealkylation sites (tertiary alicyclic amines) is 1. The van der Waals surface area contributed by atoms with Crippen molar-refractivity contribution >= 4 is 33.2 Å². The van der Waals surface area contributed by atoms with Gasteiger partial charge in [-0.15, -0.1) is 11.3 Å². The maximum Gasteiger partial charge on any atom is 0.261 e. The molecule has 1 N–H and O–H groups in total. The van der Waals surface area contributed by atoms with E-state index in [1.807, 2.05) is 17.0 Å². The molecule has 1 fully saturated rings. The first kappa shape index (κ1) is 21.5. The summed E-state index contributed by atoms with van der Waals surface area (Å²) in [6.07, 6.45) is 5.67. The Morgan fingerprint density at radius 2 is 2.10 bits per heavy atom. The lowest BCUT2D eigenvalue weighted by Gasteiger charge is -2.30. The molecule has 0 aliphatic carbocycles.